The van der Waals surface area contributed by atoms with Crippen LogP contribution in [0.2, 0.25) is 0 Å². The third kappa shape index (κ3) is 9.51. The van der Waals surface area contributed by atoms with Gasteiger partial charge < -0.3 is 9.80 Å². The summed E-state index contributed by atoms with van der Waals surface area (Å²) >= 11 is 0. The molecule has 0 N–H and O–H groups in total. The van der Waals surface area contributed by atoms with E-state index in [-0.39, 0.29) is 0 Å². The number of benzene rings is 7. The van der Waals surface area contributed by atoms with Crippen molar-refractivity contribution in [1.82, 2.24) is 0 Å². The average Bonchev–Trinajstić information content (AvgIpc) is 3.31. The topological polar surface area (TPSA) is 6.48 Å². The molecule has 0 radical (unpaired) electrons. The van der Waals surface area contributed by atoms with Crippen molar-refractivity contribution in [3.63, 3.8) is 0 Å². The first-order chi connectivity index (χ1) is 30.3. The number of allylic oxidation sites excluding steroid dienone is 7. The molecule has 0 heterocycles. The fraction of sp³-hybridized carbons (Fsp3) is 0.167. The molecule has 306 valence electrons. The lowest BCUT2D eigenvalue weighted by molar-refractivity contribution is 0.488. The largest absolute Gasteiger partial charge is 0.311 e. The Morgan fingerprint density at radius 2 is 0.758 bits per heavy atom. The maximum atomic E-state index is 2.55. The van der Waals surface area contributed by atoms with Crippen LogP contribution in [0.15, 0.2) is 205 Å². The van der Waals surface area contributed by atoms with Crippen molar-refractivity contribution >= 4 is 45.8 Å². The molecule has 1 fully saturated rings. The molecular weight excluding hydrogens is 749 g/mol. The van der Waals surface area contributed by atoms with Crippen molar-refractivity contribution in [1.29, 1.82) is 0 Å². The summed E-state index contributed by atoms with van der Waals surface area (Å²) in [5.41, 5.74) is 21.3. The molecule has 0 aromatic heterocycles. The van der Waals surface area contributed by atoms with E-state index in [9.17, 15) is 0 Å². The van der Waals surface area contributed by atoms with Crippen LogP contribution in [0.4, 0.5) is 34.1 Å². The second kappa shape index (κ2) is 18.4. The smallest absolute Gasteiger partial charge is 0.0462 e. The molecule has 0 bridgehead atoms. The first-order valence-corrected chi connectivity index (χ1v) is 22.3. The highest BCUT2D eigenvalue weighted by Crippen LogP contribution is 2.39. The monoisotopic (exact) mass is 804 g/mol. The first kappa shape index (κ1) is 40.5. The van der Waals surface area contributed by atoms with E-state index in [2.05, 4.69) is 238 Å². The Hall–Kier alpha value is -6.90. The minimum Gasteiger partial charge on any atom is -0.311 e. The number of rotatable bonds is 10. The van der Waals surface area contributed by atoms with E-state index in [1.807, 2.05) is 0 Å². The summed E-state index contributed by atoms with van der Waals surface area (Å²) in [5, 5.41) is 0. The van der Waals surface area contributed by atoms with E-state index in [1.165, 1.54) is 68.5 Å². The second-order valence-electron chi connectivity index (χ2n) is 17.3. The van der Waals surface area contributed by atoms with Gasteiger partial charge in [-0.2, -0.15) is 0 Å². The van der Waals surface area contributed by atoms with Gasteiger partial charge in [-0.1, -0.05) is 155 Å². The zero-order valence-corrected chi connectivity index (χ0v) is 36.6. The highest BCUT2D eigenvalue weighted by atomic mass is 15.1. The van der Waals surface area contributed by atoms with Gasteiger partial charge in [-0.15, -0.1) is 0 Å². The van der Waals surface area contributed by atoms with E-state index in [0.29, 0.717) is 5.92 Å². The summed E-state index contributed by atoms with van der Waals surface area (Å²) < 4.78 is 0. The van der Waals surface area contributed by atoms with Crippen molar-refractivity contribution in [3.05, 3.63) is 239 Å². The molecule has 1 saturated carbocycles. The van der Waals surface area contributed by atoms with Gasteiger partial charge in [0.25, 0.3) is 0 Å². The Balaban J connectivity index is 0.801. The molecule has 0 atom stereocenters. The van der Waals surface area contributed by atoms with Crippen LogP contribution in [0, 0.1) is 33.6 Å². The number of aryl methyl sites for hydroxylation is 4. The summed E-state index contributed by atoms with van der Waals surface area (Å²) in [6.45, 7) is 8.55. The van der Waals surface area contributed by atoms with Crippen molar-refractivity contribution in [2.75, 3.05) is 9.80 Å². The third-order valence-electron chi connectivity index (χ3n) is 12.5. The zero-order valence-electron chi connectivity index (χ0n) is 36.6. The molecule has 0 spiro atoms. The molecule has 0 aliphatic heterocycles. The Morgan fingerprint density at radius 1 is 0.403 bits per heavy atom. The van der Waals surface area contributed by atoms with Gasteiger partial charge >= 0.3 is 0 Å². The lowest BCUT2D eigenvalue weighted by Crippen LogP contribution is -2.10. The van der Waals surface area contributed by atoms with E-state index < -0.39 is 0 Å². The van der Waals surface area contributed by atoms with Crippen LogP contribution in [-0.4, -0.2) is 0 Å². The minimum atomic E-state index is 0.633. The van der Waals surface area contributed by atoms with Gasteiger partial charge in [0.1, 0.15) is 0 Å². The van der Waals surface area contributed by atoms with E-state index >= 15 is 0 Å². The summed E-state index contributed by atoms with van der Waals surface area (Å²) in [5.74, 6) is 0.633. The van der Waals surface area contributed by atoms with E-state index in [0.717, 1.165) is 53.4 Å². The molecule has 2 nitrogen and oxygen atoms in total. The Morgan fingerprint density at radius 3 is 1.13 bits per heavy atom. The van der Waals surface area contributed by atoms with Crippen molar-refractivity contribution in [3.8, 4) is 11.1 Å². The van der Waals surface area contributed by atoms with Gasteiger partial charge in [0, 0.05) is 34.1 Å². The van der Waals surface area contributed by atoms with Crippen LogP contribution in [0.1, 0.15) is 65.5 Å². The quantitative estimate of drug-likeness (QED) is 0.136. The summed E-state index contributed by atoms with van der Waals surface area (Å²) in [7, 11) is 0. The van der Waals surface area contributed by atoms with Gasteiger partial charge in [-0.25, -0.2) is 0 Å². The van der Waals surface area contributed by atoms with Crippen molar-refractivity contribution in [2.24, 2.45) is 5.92 Å². The average molecular weight is 805 g/mol. The fourth-order valence-electron chi connectivity index (χ4n) is 8.81. The summed E-state index contributed by atoms with van der Waals surface area (Å²) in [6.07, 6.45) is 17.8. The highest BCUT2D eigenvalue weighted by molar-refractivity contribution is 5.82. The standard InChI is InChI=1S/C60H56N2/c1-43-5-29-55(30-6-43)61(56-31-7-44(2)8-32-56)59-37-25-53(26-38-59)51-21-17-49(18-22-51)41-47-13-15-48(16-14-47)42-50-19-23-52(24-20-50)54-27-39-60(40-28-54)62(57-33-9-45(3)10-34-57)58-35-11-46(4)12-36-58/h5-12,17-19,21-42,48H,13-16,20H2,1-4H3. The predicted octanol–water partition coefficient (Wildman–Crippen LogP) is 17.1. The second-order valence-corrected chi connectivity index (χ2v) is 17.3. The van der Waals surface area contributed by atoms with Crippen LogP contribution in [0.25, 0.3) is 22.8 Å². The van der Waals surface area contributed by atoms with Crippen LogP contribution < -0.4 is 9.80 Å². The lowest BCUT2D eigenvalue weighted by atomic mass is 9.83. The zero-order chi connectivity index (χ0) is 42.4. The van der Waals surface area contributed by atoms with Crippen molar-refractivity contribution < 1.29 is 0 Å². The van der Waals surface area contributed by atoms with Crippen LogP contribution >= 0.6 is 0 Å². The van der Waals surface area contributed by atoms with E-state index in [4.69, 9.17) is 0 Å². The SMILES string of the molecule is Cc1ccc(N(c2ccc(C)cc2)c2ccc(C3=CCC(=CC4CCC(=Cc5ccc(-c6ccc(N(c7ccc(C)cc7)c7ccc(C)cc7)cc6)cc5)CC4)C=C3)cc2)cc1. The molecule has 0 saturated heterocycles. The Bertz CT molecular complexity index is 2630. The van der Waals surface area contributed by atoms with Crippen LogP contribution in [0.3, 0.4) is 0 Å². The number of hydrogen-bond donors (Lipinski definition) is 0. The van der Waals surface area contributed by atoms with Gasteiger partial charge in [-0.05, 0) is 172 Å². The molecule has 2 heteroatoms. The summed E-state index contributed by atoms with van der Waals surface area (Å²) in [6, 6.07) is 62.2. The predicted molar refractivity (Wildman–Crippen MR) is 266 cm³/mol. The van der Waals surface area contributed by atoms with Crippen LogP contribution in [0.5, 0.6) is 0 Å². The van der Waals surface area contributed by atoms with E-state index in [1.54, 1.807) is 5.57 Å². The lowest BCUT2D eigenvalue weighted by Gasteiger charge is -2.26. The van der Waals surface area contributed by atoms with Gasteiger partial charge in [0.2, 0.25) is 0 Å². The maximum absolute atomic E-state index is 2.55. The number of nitrogens with zero attached hydrogens (tertiary/aromatic N) is 2. The molecule has 0 unspecified atom stereocenters. The molecule has 62 heavy (non-hydrogen) atoms. The minimum absolute atomic E-state index is 0.633. The summed E-state index contributed by atoms with van der Waals surface area (Å²) in [4.78, 5) is 4.67. The number of anilines is 6. The van der Waals surface area contributed by atoms with Gasteiger partial charge in [0.15, 0.2) is 0 Å². The highest BCUT2D eigenvalue weighted by Gasteiger charge is 2.18. The molecule has 2 aliphatic rings. The number of hydrogen-bond acceptors (Lipinski definition) is 2. The molecule has 2 aliphatic carbocycles. The third-order valence-corrected chi connectivity index (χ3v) is 12.5. The first-order valence-electron chi connectivity index (χ1n) is 22.3. The van der Waals surface area contributed by atoms with Gasteiger partial charge in [-0.3, -0.25) is 0 Å². The fourth-order valence-corrected chi connectivity index (χ4v) is 8.81. The van der Waals surface area contributed by atoms with Gasteiger partial charge in [0.05, 0.1) is 0 Å². The molecular formula is C60H56N2. The Kier molecular flexibility index (Phi) is 12.0. The Labute approximate surface area is 369 Å². The molecule has 0 amide bonds. The van der Waals surface area contributed by atoms with Crippen LogP contribution in [-0.2, 0) is 0 Å². The maximum Gasteiger partial charge on any atom is 0.0462 e. The molecule has 9 rings (SSSR count). The van der Waals surface area contributed by atoms with Crippen molar-refractivity contribution in [2.45, 2.75) is 59.8 Å². The normalized spacial score (nSPS) is 15.6. The molecule has 7 aromatic carbocycles. The molecule has 7 aromatic rings.